The summed E-state index contributed by atoms with van der Waals surface area (Å²) in [6, 6.07) is 3.81. The van der Waals surface area contributed by atoms with E-state index in [1.54, 1.807) is 31.4 Å². The number of rotatable bonds is 5. The van der Waals surface area contributed by atoms with Crippen LogP contribution in [0.15, 0.2) is 18.2 Å². The zero-order chi connectivity index (χ0) is 16.8. The molecule has 5 heteroatoms. The number of hydrogen-bond acceptors (Lipinski definition) is 3. The molecule has 1 fully saturated rings. The molecule has 1 aliphatic rings. The van der Waals surface area contributed by atoms with Crippen LogP contribution in [-0.2, 0) is 4.79 Å². The third-order valence-corrected chi connectivity index (χ3v) is 4.60. The third kappa shape index (κ3) is 4.64. The van der Waals surface area contributed by atoms with Crippen LogP contribution in [0, 0.1) is 5.92 Å². The van der Waals surface area contributed by atoms with E-state index in [4.69, 9.17) is 21.1 Å². The highest BCUT2D eigenvalue weighted by Crippen LogP contribution is 2.36. The molecule has 1 aliphatic carbocycles. The Morgan fingerprint density at radius 1 is 1.26 bits per heavy atom. The molecule has 1 amide bonds. The number of halogens is 1. The molecule has 0 saturated heterocycles. The standard InChI is InChI=1S/C18H24ClNO3/c1-12-6-4-5-7-15(12)20-17(21)9-8-13-10-14(19)18(23-3)16(11-13)22-2/h8-12,15H,4-7H2,1-3H3,(H,20,21)/b9-8+/t12-,15+/m1/s1. The van der Waals surface area contributed by atoms with Crippen molar-refractivity contribution in [3.63, 3.8) is 0 Å². The maximum Gasteiger partial charge on any atom is 0.244 e. The van der Waals surface area contributed by atoms with Gasteiger partial charge in [-0.3, -0.25) is 4.79 Å². The van der Waals surface area contributed by atoms with Gasteiger partial charge in [0.25, 0.3) is 0 Å². The van der Waals surface area contributed by atoms with Gasteiger partial charge in [-0.05, 0) is 42.5 Å². The average molecular weight is 338 g/mol. The molecule has 0 aliphatic heterocycles. The SMILES string of the molecule is COc1cc(/C=C/C(=O)N[C@H]2CCCC[C@H]2C)cc(Cl)c1OC. The van der Waals surface area contributed by atoms with Crippen molar-refractivity contribution in [2.75, 3.05) is 14.2 Å². The fourth-order valence-electron chi connectivity index (χ4n) is 2.97. The number of amides is 1. The monoisotopic (exact) mass is 337 g/mol. The van der Waals surface area contributed by atoms with Crippen LogP contribution in [0.25, 0.3) is 6.08 Å². The minimum Gasteiger partial charge on any atom is -0.493 e. The fraction of sp³-hybridized carbons (Fsp3) is 0.500. The predicted molar refractivity (Wildman–Crippen MR) is 93.2 cm³/mol. The van der Waals surface area contributed by atoms with Crippen molar-refractivity contribution in [1.82, 2.24) is 5.32 Å². The van der Waals surface area contributed by atoms with Gasteiger partial charge in [0.1, 0.15) is 0 Å². The van der Waals surface area contributed by atoms with Crippen molar-refractivity contribution in [2.45, 2.75) is 38.6 Å². The number of methoxy groups -OCH3 is 2. The highest BCUT2D eigenvalue weighted by atomic mass is 35.5. The summed E-state index contributed by atoms with van der Waals surface area (Å²) in [6.45, 7) is 2.20. The van der Waals surface area contributed by atoms with E-state index in [2.05, 4.69) is 12.2 Å². The molecule has 1 aromatic carbocycles. The van der Waals surface area contributed by atoms with E-state index in [1.807, 2.05) is 0 Å². The van der Waals surface area contributed by atoms with Crippen molar-refractivity contribution in [2.24, 2.45) is 5.92 Å². The summed E-state index contributed by atoms with van der Waals surface area (Å²) in [4.78, 5) is 12.1. The van der Waals surface area contributed by atoms with E-state index in [0.29, 0.717) is 22.4 Å². The second-order valence-corrected chi connectivity index (χ2v) is 6.36. The lowest BCUT2D eigenvalue weighted by Gasteiger charge is -2.29. The molecule has 23 heavy (non-hydrogen) atoms. The molecule has 1 saturated carbocycles. The first-order valence-corrected chi connectivity index (χ1v) is 8.33. The van der Waals surface area contributed by atoms with Gasteiger partial charge in [-0.1, -0.05) is 31.4 Å². The van der Waals surface area contributed by atoms with E-state index in [-0.39, 0.29) is 11.9 Å². The van der Waals surface area contributed by atoms with Crippen LogP contribution in [0.3, 0.4) is 0 Å². The summed E-state index contributed by atoms with van der Waals surface area (Å²) in [5, 5.41) is 3.54. The minimum atomic E-state index is -0.0744. The van der Waals surface area contributed by atoms with Crippen LogP contribution < -0.4 is 14.8 Å². The minimum absolute atomic E-state index is 0.0744. The normalized spacial score (nSPS) is 21.2. The summed E-state index contributed by atoms with van der Waals surface area (Å²) in [6.07, 6.45) is 7.95. The zero-order valence-electron chi connectivity index (χ0n) is 13.9. The molecule has 0 aromatic heterocycles. The van der Waals surface area contributed by atoms with Gasteiger partial charge in [-0.15, -0.1) is 0 Å². The van der Waals surface area contributed by atoms with Gasteiger partial charge in [-0.2, -0.15) is 0 Å². The van der Waals surface area contributed by atoms with Crippen LogP contribution in [0.5, 0.6) is 11.5 Å². The highest BCUT2D eigenvalue weighted by Gasteiger charge is 2.21. The fourth-order valence-corrected chi connectivity index (χ4v) is 3.26. The molecule has 4 nitrogen and oxygen atoms in total. The largest absolute Gasteiger partial charge is 0.493 e. The Hall–Kier alpha value is -1.68. The van der Waals surface area contributed by atoms with Crippen molar-refractivity contribution in [3.8, 4) is 11.5 Å². The van der Waals surface area contributed by atoms with Gasteiger partial charge in [0.15, 0.2) is 11.5 Å². The summed E-state index contributed by atoms with van der Waals surface area (Å²) in [7, 11) is 3.09. The Kier molecular flexibility index (Phi) is 6.34. The summed E-state index contributed by atoms with van der Waals surface area (Å²) in [5.74, 6) is 1.50. The lowest BCUT2D eigenvalue weighted by molar-refractivity contribution is -0.117. The second kappa shape index (κ2) is 8.25. The lowest BCUT2D eigenvalue weighted by Crippen LogP contribution is -2.40. The van der Waals surface area contributed by atoms with Crippen molar-refractivity contribution in [3.05, 3.63) is 28.8 Å². The number of nitrogens with one attached hydrogen (secondary N) is 1. The number of ether oxygens (including phenoxy) is 2. The number of hydrogen-bond donors (Lipinski definition) is 1. The molecule has 1 N–H and O–H groups in total. The molecule has 2 atom stereocenters. The molecular formula is C18H24ClNO3. The topological polar surface area (TPSA) is 47.6 Å². The quantitative estimate of drug-likeness (QED) is 0.824. The summed E-state index contributed by atoms with van der Waals surface area (Å²) in [5.41, 5.74) is 0.791. The van der Waals surface area contributed by atoms with Crippen molar-refractivity contribution >= 4 is 23.6 Å². The first-order valence-electron chi connectivity index (χ1n) is 7.95. The number of benzene rings is 1. The van der Waals surface area contributed by atoms with E-state index in [0.717, 1.165) is 12.0 Å². The average Bonchev–Trinajstić information content (AvgIpc) is 2.54. The Morgan fingerprint density at radius 3 is 2.65 bits per heavy atom. The lowest BCUT2D eigenvalue weighted by atomic mass is 9.86. The summed E-state index contributed by atoms with van der Waals surface area (Å²) < 4.78 is 10.5. The Bertz CT molecular complexity index is 586. The van der Waals surface area contributed by atoms with Crippen LogP contribution >= 0.6 is 11.6 Å². The first-order chi connectivity index (χ1) is 11.0. The molecule has 0 heterocycles. The molecule has 1 aromatic rings. The Morgan fingerprint density at radius 2 is 2.00 bits per heavy atom. The maximum absolute atomic E-state index is 12.1. The van der Waals surface area contributed by atoms with Crippen LogP contribution in [0.2, 0.25) is 5.02 Å². The second-order valence-electron chi connectivity index (χ2n) is 5.95. The third-order valence-electron chi connectivity index (χ3n) is 4.32. The van der Waals surface area contributed by atoms with E-state index in [9.17, 15) is 4.79 Å². The predicted octanol–water partition coefficient (Wildman–Crippen LogP) is 4.07. The van der Waals surface area contributed by atoms with Gasteiger partial charge < -0.3 is 14.8 Å². The van der Waals surface area contributed by atoms with Gasteiger partial charge in [0.2, 0.25) is 5.91 Å². The van der Waals surface area contributed by atoms with Gasteiger partial charge >= 0.3 is 0 Å². The van der Waals surface area contributed by atoms with Crippen molar-refractivity contribution in [1.29, 1.82) is 0 Å². The van der Waals surface area contributed by atoms with Gasteiger partial charge in [-0.25, -0.2) is 0 Å². The van der Waals surface area contributed by atoms with E-state index < -0.39 is 0 Å². The molecule has 0 bridgehead atoms. The molecular weight excluding hydrogens is 314 g/mol. The molecule has 2 rings (SSSR count). The molecule has 0 spiro atoms. The zero-order valence-corrected chi connectivity index (χ0v) is 14.7. The van der Waals surface area contributed by atoms with E-state index >= 15 is 0 Å². The first kappa shape index (κ1) is 17.7. The smallest absolute Gasteiger partial charge is 0.244 e. The number of carbonyl (C=O) groups is 1. The van der Waals surface area contributed by atoms with E-state index in [1.165, 1.54) is 26.4 Å². The number of carbonyl (C=O) groups excluding carboxylic acids is 1. The van der Waals surface area contributed by atoms with Gasteiger partial charge in [0.05, 0.1) is 19.2 Å². The Balaban J connectivity index is 2.04. The van der Waals surface area contributed by atoms with Crippen molar-refractivity contribution < 1.29 is 14.3 Å². The molecule has 126 valence electrons. The Labute approximate surface area is 142 Å². The van der Waals surface area contributed by atoms with Gasteiger partial charge in [0, 0.05) is 12.1 Å². The maximum atomic E-state index is 12.1. The summed E-state index contributed by atoms with van der Waals surface area (Å²) >= 11 is 6.16. The molecule has 0 radical (unpaired) electrons. The molecule has 0 unspecified atom stereocenters. The van der Waals surface area contributed by atoms with Crippen LogP contribution in [-0.4, -0.2) is 26.2 Å². The highest BCUT2D eigenvalue weighted by molar-refractivity contribution is 6.32. The van der Waals surface area contributed by atoms with Crippen LogP contribution in [0.4, 0.5) is 0 Å². The van der Waals surface area contributed by atoms with Crippen LogP contribution in [0.1, 0.15) is 38.2 Å².